The summed E-state index contributed by atoms with van der Waals surface area (Å²) in [5.41, 5.74) is -3.25. The van der Waals surface area contributed by atoms with E-state index >= 15 is 0 Å². The van der Waals surface area contributed by atoms with Crippen LogP contribution in [0.4, 0.5) is 13.2 Å². The Morgan fingerprint density at radius 2 is 1.54 bits per heavy atom. The van der Waals surface area contributed by atoms with Crippen molar-refractivity contribution in [1.82, 2.24) is 0 Å². The fourth-order valence-corrected chi connectivity index (χ4v) is 3.93. The van der Waals surface area contributed by atoms with Crippen molar-refractivity contribution in [2.75, 3.05) is 0 Å². The topological polar surface area (TPSA) is 43.4 Å². The molecule has 0 saturated carbocycles. The zero-order valence-corrected chi connectivity index (χ0v) is 9.24. The molecule has 0 heterocycles. The second kappa shape index (κ2) is 3.97. The number of hydrogen-bond acceptors (Lipinski definition) is 3. The van der Waals surface area contributed by atoms with Crippen molar-refractivity contribution in [1.29, 1.82) is 0 Å². The summed E-state index contributed by atoms with van der Waals surface area (Å²) in [6.07, 6.45) is -3.57. The average Bonchev–Trinajstić information content (AvgIpc) is 1.80. The van der Waals surface area contributed by atoms with Gasteiger partial charge in [0.15, 0.2) is 0 Å². The first kappa shape index (κ1) is 12.9. The van der Waals surface area contributed by atoms with Gasteiger partial charge in [-0.2, -0.15) is 8.42 Å². The third kappa shape index (κ3) is 4.63. The molecule has 0 bridgehead atoms. The highest BCUT2D eigenvalue weighted by Gasteiger charge is 2.38. The normalized spacial score (nSPS) is 16.2. The van der Waals surface area contributed by atoms with Crippen LogP contribution in [-0.2, 0) is 14.0 Å². The van der Waals surface area contributed by atoms with Gasteiger partial charge in [0.25, 0.3) is 22.0 Å². The minimum absolute atomic E-state index is 1.46. The summed E-state index contributed by atoms with van der Waals surface area (Å²) in [6, 6.07) is 0. The van der Waals surface area contributed by atoms with Crippen molar-refractivity contribution >= 4 is 18.4 Å². The Bertz CT molecular complexity index is 259. The lowest BCUT2D eigenvalue weighted by Gasteiger charge is -2.18. The van der Waals surface area contributed by atoms with Crippen LogP contribution in [0.2, 0.25) is 19.6 Å². The lowest BCUT2D eigenvalue weighted by molar-refractivity contribution is 0.0863. The van der Waals surface area contributed by atoms with Gasteiger partial charge < -0.3 is 3.87 Å². The maximum atomic E-state index is 12.4. The van der Waals surface area contributed by atoms with E-state index < -0.39 is 30.4 Å². The Labute approximate surface area is 76.1 Å². The monoisotopic (exact) mass is 236 g/mol. The summed E-state index contributed by atoms with van der Waals surface area (Å²) in [5.74, 6) is 0. The van der Waals surface area contributed by atoms with Crippen molar-refractivity contribution in [2.45, 2.75) is 31.6 Å². The highest BCUT2D eigenvalue weighted by molar-refractivity contribution is 7.88. The molecular formula is C5H11F3O3SSi. The summed E-state index contributed by atoms with van der Waals surface area (Å²) in [6.45, 7) is 4.38. The predicted molar refractivity (Wildman–Crippen MR) is 44.3 cm³/mol. The van der Waals surface area contributed by atoms with Crippen molar-refractivity contribution in [2.24, 2.45) is 0 Å². The third-order valence-corrected chi connectivity index (χ3v) is 4.53. The maximum absolute atomic E-state index is 12.4. The smallest absolute Gasteiger partial charge is 0.296 e. The molecule has 8 heteroatoms. The van der Waals surface area contributed by atoms with Crippen molar-refractivity contribution < 1.29 is 25.5 Å². The van der Waals surface area contributed by atoms with Crippen LogP contribution in [0.1, 0.15) is 0 Å². The molecule has 0 radical (unpaired) electrons. The molecule has 80 valence electrons. The Kier molecular flexibility index (Phi) is 3.94. The van der Waals surface area contributed by atoms with Gasteiger partial charge in [-0.05, 0) is 19.6 Å². The van der Waals surface area contributed by atoms with E-state index in [-0.39, 0.29) is 0 Å². The van der Waals surface area contributed by atoms with E-state index in [4.69, 9.17) is 0 Å². The third-order valence-electron chi connectivity index (χ3n) is 0.840. The summed E-state index contributed by atoms with van der Waals surface area (Å²) in [4.78, 5) is 0. The van der Waals surface area contributed by atoms with Gasteiger partial charge in [-0.3, -0.25) is 0 Å². The van der Waals surface area contributed by atoms with Gasteiger partial charge in [0, 0.05) is 0 Å². The molecular weight excluding hydrogens is 225 g/mol. The fraction of sp³-hybridized carbons (Fsp3) is 1.00. The Hall–Kier alpha value is -0.0831. The zero-order chi connectivity index (χ0) is 10.9. The van der Waals surface area contributed by atoms with Crippen LogP contribution in [0, 0.1) is 0 Å². The molecule has 0 aromatic heterocycles. The SMILES string of the molecule is C[Si](C)(C)OS(=O)(=O)C(F)C(F)F. The number of rotatable bonds is 4. The second-order valence-electron chi connectivity index (χ2n) is 3.37. The minimum Gasteiger partial charge on any atom is -0.313 e. The van der Waals surface area contributed by atoms with Crippen LogP contribution >= 0.6 is 0 Å². The van der Waals surface area contributed by atoms with E-state index in [1.165, 1.54) is 19.6 Å². The molecule has 13 heavy (non-hydrogen) atoms. The number of hydrogen-bond donors (Lipinski definition) is 0. The van der Waals surface area contributed by atoms with Gasteiger partial charge in [0.1, 0.15) is 0 Å². The van der Waals surface area contributed by atoms with E-state index in [1.807, 2.05) is 0 Å². The molecule has 0 aliphatic rings. The molecule has 0 aromatic carbocycles. The molecule has 0 aromatic rings. The van der Waals surface area contributed by atoms with Gasteiger partial charge >= 0.3 is 0 Å². The Balaban J connectivity index is 4.61. The Morgan fingerprint density at radius 1 is 1.15 bits per heavy atom. The van der Waals surface area contributed by atoms with Gasteiger partial charge in [-0.1, -0.05) is 0 Å². The van der Waals surface area contributed by atoms with Gasteiger partial charge in [0.05, 0.1) is 0 Å². The highest BCUT2D eigenvalue weighted by Crippen LogP contribution is 2.18. The molecule has 0 saturated heterocycles. The average molecular weight is 236 g/mol. The zero-order valence-electron chi connectivity index (χ0n) is 7.42. The van der Waals surface area contributed by atoms with E-state index in [1.54, 1.807) is 0 Å². The van der Waals surface area contributed by atoms with Crippen LogP contribution in [0.25, 0.3) is 0 Å². The molecule has 0 amide bonds. The molecule has 0 N–H and O–H groups in total. The first-order chi connectivity index (χ1) is 5.56. The van der Waals surface area contributed by atoms with Crippen LogP contribution in [-0.4, -0.2) is 28.7 Å². The van der Waals surface area contributed by atoms with E-state index in [9.17, 15) is 21.6 Å². The lowest BCUT2D eigenvalue weighted by atomic mass is 10.8. The van der Waals surface area contributed by atoms with Crippen LogP contribution < -0.4 is 0 Å². The van der Waals surface area contributed by atoms with Crippen LogP contribution in [0.5, 0.6) is 0 Å². The quantitative estimate of drug-likeness (QED) is 0.698. The van der Waals surface area contributed by atoms with Gasteiger partial charge in [-0.15, -0.1) is 0 Å². The summed E-state index contributed by atoms with van der Waals surface area (Å²) in [5, 5.41) is 0. The highest BCUT2D eigenvalue weighted by atomic mass is 32.2. The van der Waals surface area contributed by atoms with Crippen LogP contribution in [0.15, 0.2) is 0 Å². The second-order valence-corrected chi connectivity index (χ2v) is 9.70. The molecule has 1 unspecified atom stereocenters. The van der Waals surface area contributed by atoms with Crippen molar-refractivity contribution in [3.63, 3.8) is 0 Å². The largest absolute Gasteiger partial charge is 0.313 e. The standard InChI is InChI=1S/C5H11F3O3SSi/c1-13(2,3)11-12(9,10)5(8)4(6)7/h4-5H,1-3H3. The van der Waals surface area contributed by atoms with Crippen molar-refractivity contribution in [3.05, 3.63) is 0 Å². The molecule has 1 atom stereocenters. The summed E-state index contributed by atoms with van der Waals surface area (Å²) in [7, 11) is -7.33. The summed E-state index contributed by atoms with van der Waals surface area (Å²) < 4.78 is 61.5. The number of halogens is 3. The van der Waals surface area contributed by atoms with Crippen LogP contribution in [0.3, 0.4) is 0 Å². The Morgan fingerprint density at radius 3 is 1.77 bits per heavy atom. The van der Waals surface area contributed by atoms with Gasteiger partial charge in [0.2, 0.25) is 8.32 Å². The summed E-state index contributed by atoms with van der Waals surface area (Å²) >= 11 is 0. The minimum atomic E-state index is -4.77. The molecule has 0 fully saturated rings. The first-order valence-corrected chi connectivity index (χ1v) is 8.31. The molecule has 0 aliphatic heterocycles. The van der Waals surface area contributed by atoms with E-state index in [0.717, 1.165) is 0 Å². The first-order valence-electron chi connectivity index (χ1n) is 3.43. The van der Waals surface area contributed by atoms with E-state index in [0.29, 0.717) is 0 Å². The fourth-order valence-electron chi connectivity index (χ4n) is 0.520. The van der Waals surface area contributed by atoms with E-state index in [2.05, 4.69) is 3.87 Å². The maximum Gasteiger partial charge on any atom is 0.296 e. The van der Waals surface area contributed by atoms with Crippen molar-refractivity contribution in [3.8, 4) is 0 Å². The molecule has 0 spiro atoms. The molecule has 3 nitrogen and oxygen atoms in total. The lowest BCUT2D eigenvalue weighted by Crippen LogP contribution is -2.36. The predicted octanol–water partition coefficient (Wildman–Crippen LogP) is 1.73. The molecule has 0 rings (SSSR count). The molecule has 0 aliphatic carbocycles. The van der Waals surface area contributed by atoms with Gasteiger partial charge in [-0.25, -0.2) is 13.2 Å². The number of alkyl halides is 3.